The number of nitrogens with zero attached hydrogens (tertiary/aromatic N) is 3. The molecule has 0 radical (unpaired) electrons. The zero-order valence-electron chi connectivity index (χ0n) is 20.5. The third-order valence-electron chi connectivity index (χ3n) is 5.28. The number of amides is 2. The van der Waals surface area contributed by atoms with Crippen molar-refractivity contribution in [1.82, 2.24) is 14.8 Å². The lowest BCUT2D eigenvalue weighted by Crippen LogP contribution is -2.19. The number of hydrogen-bond donors (Lipinski definition) is 2. The lowest BCUT2D eigenvalue weighted by molar-refractivity contribution is 0.106. The Hall–Kier alpha value is -4.37. The maximum atomic E-state index is 12.4. The zero-order chi connectivity index (χ0) is 25.3. The lowest BCUT2D eigenvalue weighted by Gasteiger charge is -2.10. The van der Waals surface area contributed by atoms with E-state index in [2.05, 4.69) is 20.7 Å². The van der Waals surface area contributed by atoms with Gasteiger partial charge in [0, 0.05) is 23.5 Å². The normalized spacial score (nSPS) is 10.6. The number of benzene rings is 3. The van der Waals surface area contributed by atoms with E-state index in [1.165, 1.54) is 0 Å². The van der Waals surface area contributed by atoms with E-state index in [9.17, 15) is 4.79 Å². The maximum absolute atomic E-state index is 12.4. The number of ether oxygens (including phenoxy) is 3. The SMILES string of the molecule is CCOCCOc1nc(-c2ccc(C)cc2)n(-c2ccc(NC(=O)Nc3ccc(OC)cc3)cc2)n1. The quantitative estimate of drug-likeness (QED) is 0.294. The Morgan fingerprint density at radius 3 is 2.14 bits per heavy atom. The summed E-state index contributed by atoms with van der Waals surface area (Å²) in [5, 5.41) is 10.2. The largest absolute Gasteiger partial charge is 0.497 e. The minimum absolute atomic E-state index is 0.270. The van der Waals surface area contributed by atoms with Crippen molar-refractivity contribution in [2.45, 2.75) is 13.8 Å². The molecule has 4 rings (SSSR count). The van der Waals surface area contributed by atoms with Crippen molar-refractivity contribution in [3.8, 4) is 28.8 Å². The molecule has 0 bridgehead atoms. The van der Waals surface area contributed by atoms with Crippen molar-refractivity contribution >= 4 is 17.4 Å². The van der Waals surface area contributed by atoms with Gasteiger partial charge in [0.25, 0.3) is 0 Å². The summed E-state index contributed by atoms with van der Waals surface area (Å²) in [4.78, 5) is 17.0. The van der Waals surface area contributed by atoms with Gasteiger partial charge >= 0.3 is 12.0 Å². The van der Waals surface area contributed by atoms with Gasteiger partial charge in [-0.25, -0.2) is 9.48 Å². The molecule has 0 aliphatic heterocycles. The number of carbonyl (C=O) groups is 1. The van der Waals surface area contributed by atoms with Crippen LogP contribution in [0.3, 0.4) is 0 Å². The lowest BCUT2D eigenvalue weighted by atomic mass is 10.1. The monoisotopic (exact) mass is 487 g/mol. The second-order valence-electron chi connectivity index (χ2n) is 7.90. The fourth-order valence-corrected chi connectivity index (χ4v) is 3.41. The molecule has 4 aromatic rings. The highest BCUT2D eigenvalue weighted by Crippen LogP contribution is 2.25. The van der Waals surface area contributed by atoms with Gasteiger partial charge in [-0.15, -0.1) is 5.10 Å². The molecule has 2 N–H and O–H groups in total. The van der Waals surface area contributed by atoms with Gasteiger partial charge in [-0.05, 0) is 62.4 Å². The first-order valence-electron chi connectivity index (χ1n) is 11.6. The first-order valence-corrected chi connectivity index (χ1v) is 11.6. The molecule has 0 saturated carbocycles. The minimum Gasteiger partial charge on any atom is -0.497 e. The first kappa shape index (κ1) is 24.7. The molecule has 0 aliphatic rings. The Balaban J connectivity index is 1.49. The highest BCUT2D eigenvalue weighted by atomic mass is 16.5. The second-order valence-corrected chi connectivity index (χ2v) is 7.90. The molecule has 9 nitrogen and oxygen atoms in total. The topological polar surface area (TPSA) is 99.5 Å². The molecule has 1 aromatic heterocycles. The van der Waals surface area contributed by atoms with Crippen LogP contribution in [0.1, 0.15) is 12.5 Å². The summed E-state index contributed by atoms with van der Waals surface area (Å²) in [6.07, 6.45) is 0. The molecule has 0 saturated heterocycles. The van der Waals surface area contributed by atoms with Crippen molar-refractivity contribution in [1.29, 1.82) is 0 Å². The molecule has 0 unspecified atom stereocenters. The van der Waals surface area contributed by atoms with Crippen LogP contribution in [0.25, 0.3) is 17.1 Å². The van der Waals surface area contributed by atoms with E-state index in [1.807, 2.05) is 50.2 Å². The van der Waals surface area contributed by atoms with E-state index in [4.69, 9.17) is 14.2 Å². The summed E-state index contributed by atoms with van der Waals surface area (Å²) in [5.41, 5.74) is 4.14. The van der Waals surface area contributed by atoms with Gasteiger partial charge in [-0.2, -0.15) is 4.98 Å². The molecule has 0 atom stereocenters. The Bertz CT molecular complexity index is 1270. The van der Waals surface area contributed by atoms with E-state index < -0.39 is 0 Å². The van der Waals surface area contributed by atoms with Gasteiger partial charge in [0.15, 0.2) is 5.82 Å². The van der Waals surface area contributed by atoms with Gasteiger partial charge in [0.2, 0.25) is 0 Å². The predicted octanol–water partition coefficient (Wildman–Crippen LogP) is 5.31. The number of methoxy groups -OCH3 is 1. The molecule has 3 aromatic carbocycles. The van der Waals surface area contributed by atoms with Crippen molar-refractivity contribution in [3.05, 3.63) is 78.4 Å². The molecular weight excluding hydrogens is 458 g/mol. The highest BCUT2D eigenvalue weighted by molar-refractivity contribution is 5.99. The van der Waals surface area contributed by atoms with Crippen LogP contribution in [0.4, 0.5) is 16.2 Å². The van der Waals surface area contributed by atoms with Crippen molar-refractivity contribution in [2.75, 3.05) is 37.6 Å². The number of rotatable bonds is 10. The van der Waals surface area contributed by atoms with Crippen molar-refractivity contribution in [3.63, 3.8) is 0 Å². The Kier molecular flexibility index (Phi) is 8.15. The number of hydrogen-bond acceptors (Lipinski definition) is 6. The fourth-order valence-electron chi connectivity index (χ4n) is 3.41. The van der Waals surface area contributed by atoms with E-state index in [1.54, 1.807) is 48.2 Å². The Labute approximate surface area is 210 Å². The third kappa shape index (κ3) is 6.39. The van der Waals surface area contributed by atoms with E-state index in [-0.39, 0.29) is 12.0 Å². The summed E-state index contributed by atoms with van der Waals surface area (Å²) in [6, 6.07) is 22.4. The van der Waals surface area contributed by atoms with Crippen LogP contribution in [-0.4, -0.2) is 47.7 Å². The minimum atomic E-state index is -0.348. The standard InChI is InChI=1S/C27H29N5O4/c1-4-35-17-18-36-27-30-25(20-7-5-19(2)6-8-20)32(31-27)23-13-9-21(10-14-23)28-26(33)29-22-11-15-24(34-3)16-12-22/h5-16H,4,17-18H2,1-3H3,(H2,28,29,33). The van der Waals surface area contributed by atoms with Crippen LogP contribution in [0, 0.1) is 6.92 Å². The van der Waals surface area contributed by atoms with E-state index in [0.29, 0.717) is 37.0 Å². The average Bonchev–Trinajstić information content (AvgIpc) is 3.32. The highest BCUT2D eigenvalue weighted by Gasteiger charge is 2.15. The molecule has 36 heavy (non-hydrogen) atoms. The molecule has 1 heterocycles. The van der Waals surface area contributed by atoms with Crippen molar-refractivity contribution in [2.24, 2.45) is 0 Å². The van der Waals surface area contributed by atoms with Crippen LogP contribution >= 0.6 is 0 Å². The number of anilines is 2. The molecule has 0 aliphatic carbocycles. The summed E-state index contributed by atoms with van der Waals surface area (Å²) < 4.78 is 17.9. The summed E-state index contributed by atoms with van der Waals surface area (Å²) >= 11 is 0. The van der Waals surface area contributed by atoms with E-state index in [0.717, 1.165) is 22.6 Å². The molecular formula is C27H29N5O4. The summed E-state index contributed by atoms with van der Waals surface area (Å²) in [7, 11) is 1.60. The van der Waals surface area contributed by atoms with Gasteiger partial charge in [-0.3, -0.25) is 0 Å². The number of aromatic nitrogens is 3. The van der Waals surface area contributed by atoms with Crippen LogP contribution in [0.15, 0.2) is 72.8 Å². The number of aryl methyl sites for hydroxylation is 1. The second kappa shape index (κ2) is 11.9. The van der Waals surface area contributed by atoms with E-state index >= 15 is 0 Å². The van der Waals surface area contributed by atoms with Crippen LogP contribution in [0.5, 0.6) is 11.8 Å². The molecule has 186 valence electrons. The fraction of sp³-hybridized carbons (Fsp3) is 0.222. The van der Waals surface area contributed by atoms with Gasteiger partial charge in [0.1, 0.15) is 12.4 Å². The van der Waals surface area contributed by atoms with Crippen LogP contribution in [0.2, 0.25) is 0 Å². The Morgan fingerprint density at radius 2 is 1.53 bits per heavy atom. The third-order valence-corrected chi connectivity index (χ3v) is 5.28. The van der Waals surface area contributed by atoms with Gasteiger partial charge in [-0.1, -0.05) is 29.8 Å². The molecule has 2 amide bonds. The maximum Gasteiger partial charge on any atom is 0.336 e. The Morgan fingerprint density at radius 1 is 0.889 bits per heavy atom. The number of urea groups is 1. The smallest absolute Gasteiger partial charge is 0.336 e. The van der Waals surface area contributed by atoms with Gasteiger partial charge in [0.05, 0.1) is 19.4 Å². The molecule has 0 fully saturated rings. The average molecular weight is 488 g/mol. The van der Waals surface area contributed by atoms with Crippen LogP contribution < -0.4 is 20.1 Å². The molecule has 9 heteroatoms. The summed E-state index contributed by atoms with van der Waals surface area (Å²) in [5.74, 6) is 1.37. The number of nitrogens with one attached hydrogen (secondary N) is 2. The molecule has 0 spiro atoms. The number of carbonyl (C=O) groups excluding carboxylic acids is 1. The van der Waals surface area contributed by atoms with Crippen molar-refractivity contribution < 1.29 is 19.0 Å². The predicted molar refractivity (Wildman–Crippen MR) is 139 cm³/mol. The first-order chi connectivity index (χ1) is 17.6. The van der Waals surface area contributed by atoms with Crippen LogP contribution in [-0.2, 0) is 4.74 Å². The van der Waals surface area contributed by atoms with Gasteiger partial charge < -0.3 is 24.8 Å². The summed E-state index contributed by atoms with van der Waals surface area (Å²) in [6.45, 7) is 5.41. The zero-order valence-corrected chi connectivity index (χ0v) is 20.5.